The second kappa shape index (κ2) is 12.6. The number of benzene rings is 1. The molecule has 0 saturated heterocycles. The van der Waals surface area contributed by atoms with Crippen LogP contribution in [0.5, 0.6) is 0 Å². The smallest absolute Gasteiger partial charge is 0.183 e. The Labute approximate surface area is 211 Å². The van der Waals surface area contributed by atoms with Crippen LogP contribution in [0.25, 0.3) is 0 Å². The third kappa shape index (κ3) is 7.88. The average molecular weight is 483 g/mol. The molecule has 0 spiro atoms. The second-order valence-corrected chi connectivity index (χ2v) is 16.7. The van der Waals surface area contributed by atoms with Crippen molar-refractivity contribution in [3.8, 4) is 0 Å². The molecular weight excluding hydrogens is 432 g/mol. The van der Waals surface area contributed by atoms with Crippen molar-refractivity contribution in [2.24, 2.45) is 33.7 Å². The molecule has 0 N–H and O–H groups in total. The van der Waals surface area contributed by atoms with Gasteiger partial charge < -0.3 is 4.43 Å². The van der Waals surface area contributed by atoms with Crippen molar-refractivity contribution in [1.29, 1.82) is 0 Å². The van der Waals surface area contributed by atoms with Crippen LogP contribution in [0.15, 0.2) is 40.3 Å². The third-order valence-electron chi connectivity index (χ3n) is 7.97. The van der Waals surface area contributed by atoms with Crippen LogP contribution in [0.4, 0.5) is 0 Å². The molecule has 1 aromatic carbocycles. The van der Waals surface area contributed by atoms with E-state index in [0.29, 0.717) is 35.8 Å². The fourth-order valence-electron chi connectivity index (χ4n) is 5.94. The van der Waals surface area contributed by atoms with E-state index in [1.54, 1.807) is 0 Å². The maximum absolute atomic E-state index is 6.23. The summed E-state index contributed by atoms with van der Waals surface area (Å²) >= 11 is 0. The van der Waals surface area contributed by atoms with Crippen molar-refractivity contribution in [3.05, 3.63) is 35.9 Å². The van der Waals surface area contributed by atoms with E-state index < -0.39 is 8.32 Å². The van der Waals surface area contributed by atoms with E-state index in [4.69, 9.17) is 14.4 Å². The molecule has 2 saturated carbocycles. The number of hydrogen-bond donors (Lipinski definition) is 0. The molecule has 0 bridgehead atoms. The summed E-state index contributed by atoms with van der Waals surface area (Å²) in [6.07, 6.45) is 9.79. The van der Waals surface area contributed by atoms with Gasteiger partial charge in [0.25, 0.3) is 0 Å². The van der Waals surface area contributed by atoms with Gasteiger partial charge in [-0.1, -0.05) is 70.9 Å². The van der Waals surface area contributed by atoms with E-state index in [0.717, 1.165) is 25.2 Å². The van der Waals surface area contributed by atoms with Gasteiger partial charge in [0.1, 0.15) is 0 Å². The van der Waals surface area contributed by atoms with E-state index in [2.05, 4.69) is 77.7 Å². The van der Waals surface area contributed by atoms with Crippen LogP contribution in [0, 0.1) is 23.7 Å². The Hall–Kier alpha value is -1.26. The highest BCUT2D eigenvalue weighted by molar-refractivity contribution is 6.69. The van der Waals surface area contributed by atoms with Crippen LogP contribution in [-0.2, 0) is 4.43 Å². The molecule has 4 unspecified atom stereocenters. The lowest BCUT2D eigenvalue weighted by atomic mass is 9.78. The minimum atomic E-state index is -1.51. The predicted molar refractivity (Wildman–Crippen MR) is 151 cm³/mol. The summed E-state index contributed by atoms with van der Waals surface area (Å²) < 4.78 is 6.23. The van der Waals surface area contributed by atoms with Gasteiger partial charge in [-0.25, -0.2) is 0 Å². The highest BCUT2D eigenvalue weighted by Crippen LogP contribution is 2.34. The maximum atomic E-state index is 6.23. The summed E-state index contributed by atoms with van der Waals surface area (Å²) in [7, 11) is -1.51. The van der Waals surface area contributed by atoms with Gasteiger partial charge in [0.15, 0.2) is 8.32 Å². The van der Waals surface area contributed by atoms with Crippen LogP contribution >= 0.6 is 0 Å². The Balaban J connectivity index is 1.99. The lowest BCUT2D eigenvalue weighted by Gasteiger charge is -2.34. The highest BCUT2D eigenvalue weighted by atomic mass is 28.4. The average Bonchev–Trinajstić information content (AvgIpc) is 2.78. The molecule has 0 aromatic heterocycles. The molecule has 0 aliphatic heterocycles. The van der Waals surface area contributed by atoms with Gasteiger partial charge in [0.2, 0.25) is 0 Å². The number of nitrogens with zero attached hydrogens (tertiary/aromatic N) is 2. The number of hydrogen-bond acceptors (Lipinski definition) is 3. The van der Waals surface area contributed by atoms with Crippen LogP contribution in [0.3, 0.4) is 0 Å². The first-order valence-electron chi connectivity index (χ1n) is 14.0. The van der Waals surface area contributed by atoms with E-state index in [1.165, 1.54) is 49.8 Å². The van der Waals surface area contributed by atoms with E-state index in [1.807, 2.05) is 0 Å². The fraction of sp³-hybridized carbons (Fsp3) is 0.733. The molecule has 190 valence electrons. The van der Waals surface area contributed by atoms with Crippen molar-refractivity contribution in [3.63, 3.8) is 0 Å². The first kappa shape index (κ1) is 27.3. The topological polar surface area (TPSA) is 34.0 Å². The van der Waals surface area contributed by atoms with Crippen LogP contribution < -0.4 is 0 Å². The van der Waals surface area contributed by atoms with Crippen molar-refractivity contribution in [1.82, 2.24) is 0 Å². The van der Waals surface area contributed by atoms with Crippen molar-refractivity contribution in [2.45, 2.75) is 111 Å². The van der Waals surface area contributed by atoms with Crippen molar-refractivity contribution < 1.29 is 4.43 Å². The molecule has 2 aliphatic carbocycles. The third-order valence-corrected chi connectivity index (χ3v) is 9.04. The molecule has 2 aliphatic rings. The first-order chi connectivity index (χ1) is 16.2. The summed E-state index contributed by atoms with van der Waals surface area (Å²) in [6, 6.07) is 11.7. The van der Waals surface area contributed by atoms with Crippen molar-refractivity contribution >= 4 is 19.7 Å². The lowest BCUT2D eigenvalue weighted by Crippen LogP contribution is -2.34. The number of rotatable bonds is 9. The normalized spacial score (nSPS) is 31.5. The Morgan fingerprint density at radius 1 is 0.794 bits per heavy atom. The molecule has 4 heteroatoms. The molecule has 0 heterocycles. The summed E-state index contributed by atoms with van der Waals surface area (Å²) in [5.74, 6) is 2.54. The van der Waals surface area contributed by atoms with Crippen LogP contribution in [0.1, 0.15) is 84.6 Å². The van der Waals surface area contributed by atoms with E-state index in [9.17, 15) is 0 Å². The van der Waals surface area contributed by atoms with E-state index >= 15 is 0 Å². The standard InChI is InChI=1S/C30H50N2OSi/c1-22-14-11-15-23(2)28(22)31-27(20-13-21-33-34(5,6)7)30(26-18-9-8-10-19-26)32-29-24(3)16-12-17-25(29)4/h8-10,18-19,22-25,28-29H,11-17,20-21H2,1-7H3. The fourth-order valence-corrected chi connectivity index (χ4v) is 6.70. The zero-order valence-electron chi connectivity index (χ0n) is 23.0. The maximum Gasteiger partial charge on any atom is 0.183 e. The first-order valence-corrected chi connectivity index (χ1v) is 17.4. The van der Waals surface area contributed by atoms with Gasteiger partial charge in [-0.3, -0.25) is 9.98 Å². The monoisotopic (exact) mass is 482 g/mol. The number of aliphatic imine (C=N–C) groups is 2. The molecule has 3 nitrogen and oxygen atoms in total. The zero-order chi connectivity index (χ0) is 24.7. The molecule has 0 radical (unpaired) electrons. The highest BCUT2D eigenvalue weighted by Gasteiger charge is 2.31. The summed E-state index contributed by atoms with van der Waals surface area (Å²) in [5, 5.41) is 0. The van der Waals surface area contributed by atoms with Gasteiger partial charge in [0.05, 0.1) is 23.5 Å². The molecule has 34 heavy (non-hydrogen) atoms. The summed E-state index contributed by atoms with van der Waals surface area (Å²) in [6.45, 7) is 17.2. The summed E-state index contributed by atoms with van der Waals surface area (Å²) in [5.41, 5.74) is 3.61. The van der Waals surface area contributed by atoms with Gasteiger partial charge in [-0.2, -0.15) is 0 Å². The van der Waals surface area contributed by atoms with Crippen LogP contribution in [-0.4, -0.2) is 38.4 Å². The molecular formula is C30H50N2OSi. The Kier molecular flexibility index (Phi) is 10.1. The molecule has 2 fully saturated rings. The quantitative estimate of drug-likeness (QED) is 0.198. The SMILES string of the molecule is CC1CCCC(C)C1N=C(CCCO[Si](C)(C)C)C(=NC1C(C)CCCC1C)c1ccccc1. The lowest BCUT2D eigenvalue weighted by molar-refractivity contribution is 0.251. The zero-order valence-corrected chi connectivity index (χ0v) is 24.0. The summed E-state index contributed by atoms with van der Waals surface area (Å²) in [4.78, 5) is 11.1. The molecule has 3 rings (SSSR count). The van der Waals surface area contributed by atoms with Crippen LogP contribution in [0.2, 0.25) is 19.6 Å². The Bertz CT molecular complexity index is 793. The van der Waals surface area contributed by atoms with Gasteiger partial charge >= 0.3 is 0 Å². The molecule has 1 aromatic rings. The van der Waals surface area contributed by atoms with E-state index in [-0.39, 0.29) is 0 Å². The minimum Gasteiger partial charge on any atom is -0.418 e. The van der Waals surface area contributed by atoms with Crippen molar-refractivity contribution in [2.75, 3.05) is 6.61 Å². The molecule has 4 atom stereocenters. The minimum absolute atomic E-state index is 0.383. The Morgan fingerprint density at radius 3 is 1.79 bits per heavy atom. The van der Waals surface area contributed by atoms with Gasteiger partial charge in [-0.15, -0.1) is 0 Å². The largest absolute Gasteiger partial charge is 0.418 e. The second-order valence-electron chi connectivity index (χ2n) is 12.2. The predicted octanol–water partition coefficient (Wildman–Crippen LogP) is 8.20. The van der Waals surface area contributed by atoms with Gasteiger partial charge in [0, 0.05) is 12.2 Å². The van der Waals surface area contributed by atoms with Gasteiger partial charge in [-0.05, 0) is 81.8 Å². The Morgan fingerprint density at radius 2 is 1.29 bits per heavy atom. The molecule has 0 amide bonds.